The highest BCUT2D eigenvalue weighted by Gasteiger charge is 2.25. The first-order chi connectivity index (χ1) is 15.5. The summed E-state index contributed by atoms with van der Waals surface area (Å²) in [7, 11) is 0. The number of hydrogen-bond acceptors (Lipinski definition) is 5. The van der Waals surface area contributed by atoms with Gasteiger partial charge in [-0.05, 0) is 56.3 Å². The molecule has 1 aliphatic rings. The molecule has 5 rings (SSSR count). The second kappa shape index (κ2) is 8.44. The van der Waals surface area contributed by atoms with E-state index < -0.39 is 5.97 Å². The van der Waals surface area contributed by atoms with Gasteiger partial charge in [0.2, 0.25) is 5.90 Å². The largest absolute Gasteiger partial charge is 0.402 e. The van der Waals surface area contributed by atoms with Crippen molar-refractivity contribution in [2.45, 2.75) is 23.8 Å². The number of carbonyl (C=O) groups is 1. The average molecular weight is 437 g/mol. The highest BCUT2D eigenvalue weighted by Crippen LogP contribution is 2.33. The fourth-order valence-corrected chi connectivity index (χ4v) is 4.35. The van der Waals surface area contributed by atoms with Crippen LogP contribution in [0.25, 0.3) is 17.0 Å². The van der Waals surface area contributed by atoms with Crippen LogP contribution in [0.4, 0.5) is 0 Å². The van der Waals surface area contributed by atoms with Gasteiger partial charge in [0.15, 0.2) is 5.70 Å². The first kappa shape index (κ1) is 20.2. The quantitative estimate of drug-likeness (QED) is 0.276. The van der Waals surface area contributed by atoms with Gasteiger partial charge in [-0.3, -0.25) is 0 Å². The third-order valence-electron chi connectivity index (χ3n) is 5.13. The predicted octanol–water partition coefficient (Wildman–Crippen LogP) is 6.35. The number of fused-ring (bicyclic) bond motifs is 1. The zero-order chi connectivity index (χ0) is 22.1. The van der Waals surface area contributed by atoms with Crippen LogP contribution in [-0.4, -0.2) is 16.9 Å². The van der Waals surface area contributed by atoms with E-state index in [1.807, 2.05) is 61.5 Å². The molecule has 4 aromatic rings. The number of pyridine rings is 1. The highest BCUT2D eigenvalue weighted by atomic mass is 32.2. The Labute approximate surface area is 190 Å². The van der Waals surface area contributed by atoms with Crippen LogP contribution in [0.2, 0.25) is 0 Å². The van der Waals surface area contributed by atoms with Crippen LogP contribution in [0.5, 0.6) is 0 Å². The van der Waals surface area contributed by atoms with Crippen molar-refractivity contribution >= 4 is 40.6 Å². The zero-order valence-electron chi connectivity index (χ0n) is 17.7. The summed E-state index contributed by atoms with van der Waals surface area (Å²) in [5.74, 6) is -0.132. The van der Waals surface area contributed by atoms with Crippen molar-refractivity contribution in [3.63, 3.8) is 0 Å². The van der Waals surface area contributed by atoms with Crippen LogP contribution in [-0.2, 0) is 9.53 Å². The predicted molar refractivity (Wildman–Crippen MR) is 129 cm³/mol. The summed E-state index contributed by atoms with van der Waals surface area (Å²) in [6.07, 6.45) is 1.76. The molecule has 0 saturated carbocycles. The standard InChI is InChI=1S/C27H20N2O2S/c1-17-10-12-22(13-11-17)32-26-21(15-19-7-3-4-9-23(19)29-26)16-24-27(30)31-25(28-24)20-8-5-6-18(2)14-20/h3-16H,1-2H3/b24-16+. The number of benzene rings is 3. The number of carbonyl (C=O) groups excluding carboxylic acids is 1. The van der Waals surface area contributed by atoms with Crippen LogP contribution in [0.3, 0.4) is 0 Å². The van der Waals surface area contributed by atoms with E-state index in [1.54, 1.807) is 17.8 Å². The van der Waals surface area contributed by atoms with E-state index in [9.17, 15) is 4.79 Å². The molecule has 3 aromatic carbocycles. The van der Waals surface area contributed by atoms with Gasteiger partial charge in [-0.2, -0.15) is 0 Å². The lowest BCUT2D eigenvalue weighted by molar-refractivity contribution is -0.129. The monoisotopic (exact) mass is 436 g/mol. The summed E-state index contributed by atoms with van der Waals surface area (Å²) in [4.78, 5) is 23.0. The number of aromatic nitrogens is 1. The lowest BCUT2D eigenvalue weighted by Crippen LogP contribution is -2.05. The minimum atomic E-state index is -0.457. The van der Waals surface area contributed by atoms with Crippen molar-refractivity contribution < 1.29 is 9.53 Å². The molecule has 0 saturated heterocycles. The molecular weight excluding hydrogens is 416 g/mol. The Morgan fingerprint density at radius 2 is 1.69 bits per heavy atom. The van der Waals surface area contributed by atoms with Crippen molar-refractivity contribution in [2.24, 2.45) is 4.99 Å². The number of para-hydroxylation sites is 1. The van der Waals surface area contributed by atoms with Crippen molar-refractivity contribution in [3.8, 4) is 0 Å². The molecule has 156 valence electrons. The molecule has 32 heavy (non-hydrogen) atoms. The number of ether oxygens (including phenoxy) is 1. The summed E-state index contributed by atoms with van der Waals surface area (Å²) in [6.45, 7) is 4.06. The van der Waals surface area contributed by atoms with Gasteiger partial charge >= 0.3 is 5.97 Å². The van der Waals surface area contributed by atoms with Crippen molar-refractivity contribution in [3.05, 3.63) is 107 Å². The molecule has 0 radical (unpaired) electrons. The van der Waals surface area contributed by atoms with E-state index in [1.165, 1.54) is 5.56 Å². The van der Waals surface area contributed by atoms with E-state index in [2.05, 4.69) is 36.2 Å². The Morgan fingerprint density at radius 1 is 0.875 bits per heavy atom. The summed E-state index contributed by atoms with van der Waals surface area (Å²) in [5, 5.41) is 1.81. The Bertz CT molecular complexity index is 1410. The SMILES string of the molecule is Cc1ccc(Sc2nc3ccccc3cc2/C=C2/N=C(c3cccc(C)c3)OC2=O)cc1. The Kier molecular flexibility index (Phi) is 5.33. The highest BCUT2D eigenvalue weighted by molar-refractivity contribution is 7.99. The summed E-state index contributed by atoms with van der Waals surface area (Å²) < 4.78 is 5.46. The first-order valence-electron chi connectivity index (χ1n) is 10.3. The lowest BCUT2D eigenvalue weighted by Gasteiger charge is -2.08. The Hall–Kier alpha value is -3.70. The topological polar surface area (TPSA) is 51.6 Å². The van der Waals surface area contributed by atoms with Crippen LogP contribution in [0.1, 0.15) is 22.3 Å². The van der Waals surface area contributed by atoms with Crippen LogP contribution < -0.4 is 0 Å². The molecule has 0 amide bonds. The number of aryl methyl sites for hydroxylation is 2. The Balaban J connectivity index is 1.58. The van der Waals surface area contributed by atoms with Gasteiger partial charge in [0.25, 0.3) is 0 Å². The normalized spacial score (nSPS) is 14.6. The number of esters is 1. The molecule has 4 nitrogen and oxygen atoms in total. The molecule has 0 spiro atoms. The third-order valence-corrected chi connectivity index (χ3v) is 6.16. The third kappa shape index (κ3) is 4.20. The molecule has 0 fully saturated rings. The number of cyclic esters (lactones) is 1. The Morgan fingerprint density at radius 3 is 2.50 bits per heavy atom. The van der Waals surface area contributed by atoms with Gasteiger partial charge < -0.3 is 4.74 Å². The summed E-state index contributed by atoms with van der Waals surface area (Å²) >= 11 is 1.57. The smallest absolute Gasteiger partial charge is 0.363 e. The van der Waals surface area contributed by atoms with Crippen LogP contribution in [0, 0.1) is 13.8 Å². The summed E-state index contributed by atoms with van der Waals surface area (Å²) in [5.41, 5.74) is 5.07. The van der Waals surface area contributed by atoms with E-state index in [0.29, 0.717) is 5.90 Å². The van der Waals surface area contributed by atoms with E-state index in [0.717, 1.165) is 37.5 Å². The molecule has 0 N–H and O–H groups in total. The molecule has 0 bridgehead atoms. The van der Waals surface area contributed by atoms with Gasteiger partial charge in [0, 0.05) is 21.4 Å². The molecule has 1 aliphatic heterocycles. The van der Waals surface area contributed by atoms with Crippen LogP contribution >= 0.6 is 11.8 Å². The molecule has 2 heterocycles. The minimum Gasteiger partial charge on any atom is -0.402 e. The minimum absolute atomic E-state index is 0.268. The van der Waals surface area contributed by atoms with Gasteiger partial charge in [0.05, 0.1) is 5.52 Å². The average Bonchev–Trinajstić information content (AvgIpc) is 3.16. The van der Waals surface area contributed by atoms with Gasteiger partial charge in [-0.25, -0.2) is 14.8 Å². The summed E-state index contributed by atoms with van der Waals surface area (Å²) in [6, 6.07) is 26.1. The van der Waals surface area contributed by atoms with Crippen LogP contribution in [0.15, 0.2) is 99.5 Å². The lowest BCUT2D eigenvalue weighted by atomic mass is 10.1. The van der Waals surface area contributed by atoms with Crippen molar-refractivity contribution in [2.75, 3.05) is 0 Å². The molecule has 1 aromatic heterocycles. The second-order valence-corrected chi connectivity index (χ2v) is 8.76. The number of hydrogen-bond donors (Lipinski definition) is 0. The van der Waals surface area contributed by atoms with E-state index in [4.69, 9.17) is 9.72 Å². The van der Waals surface area contributed by atoms with E-state index in [-0.39, 0.29) is 5.70 Å². The second-order valence-electron chi connectivity index (χ2n) is 7.70. The first-order valence-corrected chi connectivity index (χ1v) is 11.1. The van der Waals surface area contributed by atoms with Crippen molar-refractivity contribution in [1.82, 2.24) is 4.98 Å². The van der Waals surface area contributed by atoms with Crippen molar-refractivity contribution in [1.29, 1.82) is 0 Å². The molecule has 5 heteroatoms. The fourth-order valence-electron chi connectivity index (χ4n) is 3.48. The maximum Gasteiger partial charge on any atom is 0.363 e. The van der Waals surface area contributed by atoms with Gasteiger partial charge in [-0.1, -0.05) is 65.4 Å². The zero-order valence-corrected chi connectivity index (χ0v) is 18.5. The van der Waals surface area contributed by atoms with Gasteiger partial charge in [0.1, 0.15) is 5.03 Å². The maximum atomic E-state index is 12.6. The molecule has 0 atom stereocenters. The maximum absolute atomic E-state index is 12.6. The number of aliphatic imine (C=N–C) groups is 1. The number of rotatable bonds is 4. The fraction of sp³-hybridized carbons (Fsp3) is 0.0741. The molecular formula is C27H20N2O2S. The van der Waals surface area contributed by atoms with E-state index >= 15 is 0 Å². The number of nitrogens with zero attached hydrogens (tertiary/aromatic N) is 2. The molecule has 0 aliphatic carbocycles. The molecule has 0 unspecified atom stereocenters. The van der Waals surface area contributed by atoms with Gasteiger partial charge in [-0.15, -0.1) is 0 Å².